The van der Waals surface area contributed by atoms with Crippen LogP contribution in [0.2, 0.25) is 10.0 Å². The zero-order chi connectivity index (χ0) is 13.7. The quantitative estimate of drug-likeness (QED) is 0.893. The molecular weight excluding hydrogens is 275 g/mol. The zero-order valence-electron chi connectivity index (χ0n) is 10.1. The van der Waals surface area contributed by atoms with Crippen molar-refractivity contribution in [3.05, 3.63) is 28.2 Å². The highest BCUT2D eigenvalue weighted by atomic mass is 35.5. The van der Waals surface area contributed by atoms with E-state index in [1.54, 1.807) is 26.0 Å². The second-order valence-electron chi connectivity index (χ2n) is 4.05. The molecule has 2 N–H and O–H groups in total. The van der Waals surface area contributed by atoms with Crippen molar-refractivity contribution in [2.24, 2.45) is 5.92 Å². The molecule has 18 heavy (non-hydrogen) atoms. The highest BCUT2D eigenvalue weighted by Crippen LogP contribution is 2.25. The number of nitrogens with one attached hydrogen (secondary N) is 2. The topological polar surface area (TPSA) is 58.2 Å². The molecule has 0 saturated heterocycles. The maximum absolute atomic E-state index is 11.5. The molecule has 0 aromatic heterocycles. The fourth-order valence-corrected chi connectivity index (χ4v) is 1.47. The summed E-state index contributed by atoms with van der Waals surface area (Å²) in [5.41, 5.74) is 0.402. The highest BCUT2D eigenvalue weighted by Gasteiger charge is 2.10. The van der Waals surface area contributed by atoms with E-state index in [0.717, 1.165) is 0 Å². The van der Waals surface area contributed by atoms with Crippen LogP contribution in [-0.4, -0.2) is 18.4 Å². The minimum absolute atomic E-state index is 0.0122. The summed E-state index contributed by atoms with van der Waals surface area (Å²) in [6.45, 7) is 3.53. The molecule has 1 aromatic carbocycles. The van der Waals surface area contributed by atoms with Crippen molar-refractivity contribution >= 4 is 40.7 Å². The summed E-state index contributed by atoms with van der Waals surface area (Å²) < 4.78 is 0. The van der Waals surface area contributed by atoms with Crippen LogP contribution in [0.5, 0.6) is 0 Å². The first-order valence-electron chi connectivity index (χ1n) is 5.42. The summed E-state index contributed by atoms with van der Waals surface area (Å²) in [5, 5.41) is 5.83. The van der Waals surface area contributed by atoms with Gasteiger partial charge in [0.2, 0.25) is 0 Å². The standard InChI is InChI=1S/C12H14Cl2N2O2/c1-7(2)11(17)6-15-12(18)16-10-5-8(13)3-4-9(10)14/h3-5,7H,6H2,1-2H3,(H2,15,16,18). The maximum atomic E-state index is 11.5. The summed E-state index contributed by atoms with van der Waals surface area (Å²) in [6.07, 6.45) is 0. The average Bonchev–Trinajstić information content (AvgIpc) is 2.30. The van der Waals surface area contributed by atoms with Crippen LogP contribution >= 0.6 is 23.2 Å². The number of hydrogen-bond acceptors (Lipinski definition) is 2. The Bertz CT molecular complexity index is 461. The van der Waals surface area contributed by atoms with Gasteiger partial charge in [-0.1, -0.05) is 37.0 Å². The minimum atomic E-state index is -0.492. The van der Waals surface area contributed by atoms with Crippen LogP contribution in [0.4, 0.5) is 10.5 Å². The molecule has 0 radical (unpaired) electrons. The van der Waals surface area contributed by atoms with Crippen LogP contribution in [0.15, 0.2) is 18.2 Å². The molecule has 2 amide bonds. The van der Waals surface area contributed by atoms with E-state index >= 15 is 0 Å². The SMILES string of the molecule is CC(C)C(=O)CNC(=O)Nc1cc(Cl)ccc1Cl. The third-order valence-electron chi connectivity index (χ3n) is 2.24. The molecule has 0 aliphatic heterocycles. The number of rotatable bonds is 4. The van der Waals surface area contributed by atoms with Gasteiger partial charge in [0, 0.05) is 10.9 Å². The zero-order valence-corrected chi connectivity index (χ0v) is 11.6. The van der Waals surface area contributed by atoms with Crippen molar-refractivity contribution in [2.75, 3.05) is 11.9 Å². The van der Waals surface area contributed by atoms with Crippen molar-refractivity contribution in [3.63, 3.8) is 0 Å². The molecule has 0 spiro atoms. The van der Waals surface area contributed by atoms with Gasteiger partial charge in [-0.15, -0.1) is 0 Å². The number of halogens is 2. The highest BCUT2D eigenvalue weighted by molar-refractivity contribution is 6.35. The third-order valence-corrected chi connectivity index (χ3v) is 2.81. The smallest absolute Gasteiger partial charge is 0.319 e. The van der Waals surface area contributed by atoms with E-state index in [1.807, 2.05) is 0 Å². The van der Waals surface area contributed by atoms with Crippen molar-refractivity contribution < 1.29 is 9.59 Å². The monoisotopic (exact) mass is 288 g/mol. The first-order valence-corrected chi connectivity index (χ1v) is 6.18. The molecule has 1 aromatic rings. The van der Waals surface area contributed by atoms with E-state index in [0.29, 0.717) is 15.7 Å². The van der Waals surface area contributed by atoms with Gasteiger partial charge in [0.1, 0.15) is 0 Å². The second kappa shape index (κ2) is 6.61. The summed E-state index contributed by atoms with van der Waals surface area (Å²) in [4.78, 5) is 22.9. The Balaban J connectivity index is 2.55. The van der Waals surface area contributed by atoms with Crippen LogP contribution in [0.3, 0.4) is 0 Å². The van der Waals surface area contributed by atoms with Crippen molar-refractivity contribution in [2.45, 2.75) is 13.8 Å². The maximum Gasteiger partial charge on any atom is 0.319 e. The van der Waals surface area contributed by atoms with Gasteiger partial charge < -0.3 is 10.6 Å². The Labute approximate surface area is 116 Å². The van der Waals surface area contributed by atoms with Crippen LogP contribution in [0.25, 0.3) is 0 Å². The third kappa shape index (κ3) is 4.55. The number of anilines is 1. The Morgan fingerprint density at radius 3 is 2.56 bits per heavy atom. The minimum Gasteiger partial charge on any atom is -0.331 e. The molecule has 0 unspecified atom stereocenters. The number of carbonyl (C=O) groups excluding carboxylic acids is 2. The predicted octanol–water partition coefficient (Wildman–Crippen LogP) is 3.34. The molecule has 0 atom stereocenters. The van der Waals surface area contributed by atoms with Crippen LogP contribution < -0.4 is 10.6 Å². The summed E-state index contributed by atoms with van der Waals surface area (Å²) >= 11 is 11.7. The van der Waals surface area contributed by atoms with Crippen LogP contribution in [0.1, 0.15) is 13.8 Å². The number of hydrogen-bond donors (Lipinski definition) is 2. The molecule has 0 bridgehead atoms. The molecular formula is C12H14Cl2N2O2. The molecule has 0 aliphatic carbocycles. The van der Waals surface area contributed by atoms with Crippen LogP contribution in [0, 0.1) is 5.92 Å². The van der Waals surface area contributed by atoms with Gasteiger partial charge in [-0.2, -0.15) is 0 Å². The lowest BCUT2D eigenvalue weighted by Gasteiger charge is -2.09. The van der Waals surface area contributed by atoms with Gasteiger partial charge >= 0.3 is 6.03 Å². The normalized spacial score (nSPS) is 10.3. The Kier molecular flexibility index (Phi) is 5.44. The Morgan fingerprint density at radius 2 is 1.94 bits per heavy atom. The molecule has 1 rings (SSSR count). The van der Waals surface area contributed by atoms with Gasteiger partial charge in [-0.05, 0) is 18.2 Å². The number of benzene rings is 1. The van der Waals surface area contributed by atoms with E-state index in [4.69, 9.17) is 23.2 Å². The molecule has 6 heteroatoms. The number of amides is 2. The summed E-state index contributed by atoms with van der Waals surface area (Å²) in [6, 6.07) is 4.25. The van der Waals surface area contributed by atoms with E-state index in [1.165, 1.54) is 6.07 Å². The lowest BCUT2D eigenvalue weighted by Crippen LogP contribution is -2.34. The fourth-order valence-electron chi connectivity index (χ4n) is 1.13. The van der Waals surface area contributed by atoms with E-state index in [2.05, 4.69) is 10.6 Å². The average molecular weight is 289 g/mol. The van der Waals surface area contributed by atoms with Gasteiger partial charge in [0.15, 0.2) is 5.78 Å². The summed E-state index contributed by atoms with van der Waals surface area (Å²) in [5.74, 6) is -0.151. The lowest BCUT2D eigenvalue weighted by molar-refractivity contribution is -0.120. The van der Waals surface area contributed by atoms with Gasteiger partial charge in [-0.3, -0.25) is 4.79 Å². The Hall–Kier alpha value is -1.26. The van der Waals surface area contributed by atoms with Crippen molar-refractivity contribution in [3.8, 4) is 0 Å². The van der Waals surface area contributed by atoms with Gasteiger partial charge in [0.25, 0.3) is 0 Å². The number of Topliss-reactive ketones (excluding diaryl/α,β-unsaturated/α-hetero) is 1. The Morgan fingerprint density at radius 1 is 1.28 bits per heavy atom. The number of urea groups is 1. The number of carbonyl (C=O) groups is 2. The van der Waals surface area contributed by atoms with Crippen molar-refractivity contribution in [1.29, 1.82) is 0 Å². The van der Waals surface area contributed by atoms with E-state index in [9.17, 15) is 9.59 Å². The fraction of sp³-hybridized carbons (Fsp3) is 0.333. The molecule has 0 heterocycles. The largest absolute Gasteiger partial charge is 0.331 e. The predicted molar refractivity (Wildman–Crippen MR) is 73.3 cm³/mol. The summed E-state index contributed by atoms with van der Waals surface area (Å²) in [7, 11) is 0. The van der Waals surface area contributed by atoms with E-state index in [-0.39, 0.29) is 18.2 Å². The van der Waals surface area contributed by atoms with Crippen LogP contribution in [-0.2, 0) is 4.79 Å². The first kappa shape index (κ1) is 14.8. The number of ketones is 1. The van der Waals surface area contributed by atoms with E-state index < -0.39 is 6.03 Å². The van der Waals surface area contributed by atoms with Gasteiger partial charge in [-0.25, -0.2) is 4.79 Å². The van der Waals surface area contributed by atoms with Gasteiger partial charge in [0.05, 0.1) is 17.3 Å². The first-order chi connectivity index (χ1) is 8.40. The molecule has 0 aliphatic rings. The second-order valence-corrected chi connectivity index (χ2v) is 4.90. The molecule has 0 fully saturated rings. The molecule has 0 saturated carbocycles. The molecule has 98 valence electrons. The lowest BCUT2D eigenvalue weighted by atomic mass is 10.1. The molecule has 4 nitrogen and oxygen atoms in total. The van der Waals surface area contributed by atoms with Crippen molar-refractivity contribution in [1.82, 2.24) is 5.32 Å².